The van der Waals surface area contributed by atoms with Crippen LogP contribution in [0.3, 0.4) is 0 Å². The summed E-state index contributed by atoms with van der Waals surface area (Å²) in [5, 5.41) is 9.14. The number of phenolic OH excluding ortho intramolecular Hbond substituents is 1. The smallest absolute Gasteiger partial charge is 0.379 e. The number of rotatable bonds is 2. The summed E-state index contributed by atoms with van der Waals surface area (Å²) in [6.45, 7) is 0. The SMILES string of the molecule is COC(=O)C(=O)c1c(O)cccc1F. The van der Waals surface area contributed by atoms with Crippen LogP contribution >= 0.6 is 0 Å². The first-order valence-corrected chi connectivity index (χ1v) is 3.68. The molecule has 74 valence electrons. The van der Waals surface area contributed by atoms with Crippen LogP contribution in [0.25, 0.3) is 0 Å². The van der Waals surface area contributed by atoms with Crippen molar-refractivity contribution in [3.63, 3.8) is 0 Å². The monoisotopic (exact) mass is 198 g/mol. The van der Waals surface area contributed by atoms with Gasteiger partial charge in [-0.3, -0.25) is 4.79 Å². The number of hydrogen-bond acceptors (Lipinski definition) is 4. The number of ketones is 1. The van der Waals surface area contributed by atoms with Crippen LogP contribution in [-0.4, -0.2) is 24.0 Å². The molecule has 0 saturated heterocycles. The van der Waals surface area contributed by atoms with Gasteiger partial charge in [-0.2, -0.15) is 0 Å². The number of aromatic hydroxyl groups is 1. The Balaban J connectivity index is 3.19. The molecular formula is C9H7FO4. The van der Waals surface area contributed by atoms with Gasteiger partial charge < -0.3 is 9.84 Å². The van der Waals surface area contributed by atoms with Gasteiger partial charge in [-0.05, 0) is 12.1 Å². The van der Waals surface area contributed by atoms with Crippen molar-refractivity contribution in [1.29, 1.82) is 0 Å². The maximum absolute atomic E-state index is 13.0. The van der Waals surface area contributed by atoms with Gasteiger partial charge in [0, 0.05) is 0 Å². The molecule has 0 spiro atoms. The van der Waals surface area contributed by atoms with E-state index >= 15 is 0 Å². The predicted molar refractivity (Wildman–Crippen MR) is 44.4 cm³/mol. The van der Waals surface area contributed by atoms with Gasteiger partial charge >= 0.3 is 5.97 Å². The molecule has 0 aliphatic rings. The van der Waals surface area contributed by atoms with Crippen molar-refractivity contribution in [3.05, 3.63) is 29.6 Å². The normalized spacial score (nSPS) is 9.57. The van der Waals surface area contributed by atoms with E-state index < -0.39 is 28.9 Å². The number of benzene rings is 1. The van der Waals surface area contributed by atoms with Crippen LogP contribution in [0.4, 0.5) is 4.39 Å². The molecule has 0 aliphatic heterocycles. The molecule has 4 nitrogen and oxygen atoms in total. The number of carbonyl (C=O) groups is 2. The van der Waals surface area contributed by atoms with E-state index in [0.29, 0.717) is 0 Å². The molecule has 0 aliphatic carbocycles. The van der Waals surface area contributed by atoms with E-state index in [-0.39, 0.29) is 0 Å². The maximum Gasteiger partial charge on any atom is 0.379 e. The fourth-order valence-electron chi connectivity index (χ4n) is 0.932. The first-order valence-electron chi connectivity index (χ1n) is 3.68. The number of methoxy groups -OCH3 is 1. The Bertz CT molecular complexity index is 366. The predicted octanol–water partition coefficient (Wildman–Crippen LogP) is 0.887. The molecule has 0 atom stereocenters. The number of halogens is 1. The Morgan fingerprint density at radius 1 is 1.43 bits per heavy atom. The van der Waals surface area contributed by atoms with E-state index in [1.165, 1.54) is 6.07 Å². The van der Waals surface area contributed by atoms with Crippen LogP contribution in [0.15, 0.2) is 18.2 Å². The zero-order valence-electron chi connectivity index (χ0n) is 7.28. The van der Waals surface area contributed by atoms with Gasteiger partial charge in [0.15, 0.2) is 0 Å². The summed E-state index contributed by atoms with van der Waals surface area (Å²) in [5.74, 6) is -3.96. The molecule has 0 bridgehead atoms. The molecule has 0 unspecified atom stereocenters. The second-order valence-corrected chi connectivity index (χ2v) is 2.45. The van der Waals surface area contributed by atoms with Gasteiger partial charge in [0.05, 0.1) is 7.11 Å². The lowest BCUT2D eigenvalue weighted by Crippen LogP contribution is -2.17. The zero-order chi connectivity index (χ0) is 10.7. The van der Waals surface area contributed by atoms with Crippen molar-refractivity contribution in [2.45, 2.75) is 0 Å². The van der Waals surface area contributed by atoms with Crippen LogP contribution in [0.2, 0.25) is 0 Å². The summed E-state index contributed by atoms with van der Waals surface area (Å²) in [7, 11) is 0.998. The summed E-state index contributed by atoms with van der Waals surface area (Å²) >= 11 is 0. The van der Waals surface area contributed by atoms with Gasteiger partial charge in [0.2, 0.25) is 0 Å². The maximum atomic E-state index is 13.0. The highest BCUT2D eigenvalue weighted by Gasteiger charge is 2.23. The van der Waals surface area contributed by atoms with Crippen molar-refractivity contribution in [2.75, 3.05) is 7.11 Å². The molecule has 1 aromatic carbocycles. The van der Waals surface area contributed by atoms with E-state index in [4.69, 9.17) is 5.11 Å². The average molecular weight is 198 g/mol. The van der Waals surface area contributed by atoms with Crippen molar-refractivity contribution < 1.29 is 23.8 Å². The Labute approximate surface area is 78.9 Å². The quantitative estimate of drug-likeness (QED) is 0.435. The molecule has 0 radical (unpaired) electrons. The van der Waals surface area contributed by atoms with Crippen LogP contribution in [0.1, 0.15) is 10.4 Å². The molecule has 1 aromatic rings. The number of esters is 1. The van der Waals surface area contributed by atoms with Crippen molar-refractivity contribution in [1.82, 2.24) is 0 Å². The van der Waals surface area contributed by atoms with Gasteiger partial charge in [-0.1, -0.05) is 6.07 Å². The van der Waals surface area contributed by atoms with Gasteiger partial charge in [0.1, 0.15) is 17.1 Å². The van der Waals surface area contributed by atoms with Crippen molar-refractivity contribution >= 4 is 11.8 Å². The van der Waals surface area contributed by atoms with Crippen LogP contribution in [0.5, 0.6) is 5.75 Å². The van der Waals surface area contributed by atoms with Crippen molar-refractivity contribution in [3.8, 4) is 5.75 Å². The number of Topliss-reactive ketones (excluding diaryl/α,β-unsaturated/α-hetero) is 1. The summed E-state index contributed by atoms with van der Waals surface area (Å²) in [6.07, 6.45) is 0. The zero-order valence-corrected chi connectivity index (χ0v) is 7.28. The van der Waals surface area contributed by atoms with E-state index in [2.05, 4.69) is 4.74 Å². The van der Waals surface area contributed by atoms with Crippen LogP contribution < -0.4 is 0 Å². The van der Waals surface area contributed by atoms with E-state index in [0.717, 1.165) is 19.2 Å². The average Bonchev–Trinajstić information content (AvgIpc) is 2.16. The third-order valence-electron chi connectivity index (χ3n) is 1.59. The number of carbonyl (C=O) groups excluding carboxylic acids is 2. The minimum atomic E-state index is -1.22. The molecule has 0 saturated carbocycles. The summed E-state index contributed by atoms with van der Waals surface area (Å²) in [6, 6.07) is 3.30. The van der Waals surface area contributed by atoms with Crippen LogP contribution in [-0.2, 0) is 9.53 Å². The first kappa shape index (κ1) is 10.2. The lowest BCUT2D eigenvalue weighted by atomic mass is 10.1. The summed E-state index contributed by atoms with van der Waals surface area (Å²) in [5.41, 5.74) is -0.667. The highest BCUT2D eigenvalue weighted by atomic mass is 19.1. The fraction of sp³-hybridized carbons (Fsp3) is 0.111. The number of hydrogen-bond donors (Lipinski definition) is 1. The summed E-state index contributed by atoms with van der Waals surface area (Å²) < 4.78 is 17.1. The lowest BCUT2D eigenvalue weighted by Gasteiger charge is -2.02. The highest BCUT2D eigenvalue weighted by molar-refractivity contribution is 6.41. The third-order valence-corrected chi connectivity index (χ3v) is 1.59. The molecule has 1 N–H and O–H groups in total. The second-order valence-electron chi connectivity index (χ2n) is 2.45. The molecule has 1 rings (SSSR count). The molecule has 0 aromatic heterocycles. The number of ether oxygens (including phenoxy) is 1. The van der Waals surface area contributed by atoms with E-state index in [1.54, 1.807) is 0 Å². The third kappa shape index (κ3) is 1.71. The molecule has 14 heavy (non-hydrogen) atoms. The molecule has 5 heteroatoms. The van der Waals surface area contributed by atoms with E-state index in [9.17, 15) is 14.0 Å². The molecule has 0 amide bonds. The minimum Gasteiger partial charge on any atom is -0.507 e. The van der Waals surface area contributed by atoms with Crippen molar-refractivity contribution in [2.24, 2.45) is 0 Å². The van der Waals surface area contributed by atoms with E-state index in [1.807, 2.05) is 0 Å². The molecular weight excluding hydrogens is 191 g/mol. The number of phenols is 1. The topological polar surface area (TPSA) is 63.6 Å². The molecule has 0 fully saturated rings. The second kappa shape index (κ2) is 3.87. The standard InChI is InChI=1S/C9H7FO4/c1-14-9(13)8(12)7-5(10)3-2-4-6(7)11/h2-4,11H,1H3. The molecule has 0 heterocycles. The largest absolute Gasteiger partial charge is 0.507 e. The Hall–Kier alpha value is -1.91. The minimum absolute atomic E-state index is 0.583. The van der Waals surface area contributed by atoms with Gasteiger partial charge in [0.25, 0.3) is 5.78 Å². The Morgan fingerprint density at radius 3 is 2.57 bits per heavy atom. The highest BCUT2D eigenvalue weighted by Crippen LogP contribution is 2.20. The Morgan fingerprint density at radius 2 is 2.07 bits per heavy atom. The van der Waals surface area contributed by atoms with Crippen LogP contribution in [0, 0.1) is 5.82 Å². The van der Waals surface area contributed by atoms with Gasteiger partial charge in [-0.25, -0.2) is 9.18 Å². The summed E-state index contributed by atoms with van der Waals surface area (Å²) in [4.78, 5) is 21.9. The van der Waals surface area contributed by atoms with Gasteiger partial charge in [-0.15, -0.1) is 0 Å². The first-order chi connectivity index (χ1) is 6.57. The fourth-order valence-corrected chi connectivity index (χ4v) is 0.932. The Kier molecular flexibility index (Phi) is 2.81. The lowest BCUT2D eigenvalue weighted by molar-refractivity contribution is -0.135.